The van der Waals surface area contributed by atoms with Crippen LogP contribution in [0.1, 0.15) is 13.8 Å². The second-order valence-corrected chi connectivity index (χ2v) is 2.30. The average Bonchev–Trinajstić information content (AvgIpc) is 1.87. The Morgan fingerprint density at radius 2 is 2.27 bits per heavy atom. The molecule has 4 nitrogen and oxygen atoms in total. The molecule has 0 aliphatic rings. The van der Waals surface area contributed by atoms with Crippen molar-refractivity contribution in [1.82, 2.24) is 0 Å². The molecule has 0 aromatic carbocycles. The number of carbonyl (C=O) groups is 1. The smallest absolute Gasteiger partial charge is 0.332 e. The lowest BCUT2D eigenvalue weighted by Gasteiger charge is -2.05. The Morgan fingerprint density at radius 1 is 1.64 bits per heavy atom. The fourth-order valence-corrected chi connectivity index (χ4v) is 0.531. The van der Waals surface area contributed by atoms with Gasteiger partial charge >= 0.3 is 5.97 Å². The van der Waals surface area contributed by atoms with Crippen molar-refractivity contribution in [3.05, 3.63) is 0 Å². The van der Waals surface area contributed by atoms with Gasteiger partial charge in [-0.3, -0.25) is 0 Å². The van der Waals surface area contributed by atoms with E-state index in [0.29, 0.717) is 13.2 Å². The lowest BCUT2D eigenvalue weighted by atomic mass is 10.4. The fourth-order valence-electron chi connectivity index (χ4n) is 0.531. The molecule has 0 radical (unpaired) electrons. The van der Waals surface area contributed by atoms with E-state index in [0.717, 1.165) is 0 Å². The first kappa shape index (κ1) is 10.4. The Balaban J connectivity index is 3.17. The predicted molar refractivity (Wildman–Crippen MR) is 41.1 cm³/mol. The van der Waals surface area contributed by atoms with Gasteiger partial charge in [0.1, 0.15) is 6.61 Å². The lowest BCUT2D eigenvalue weighted by Crippen LogP contribution is -2.24. The SMILES string of the molecule is CCOC(=O)COCC(C)N. The molecular formula is C7H15NO3. The van der Waals surface area contributed by atoms with Gasteiger partial charge < -0.3 is 15.2 Å². The Morgan fingerprint density at radius 3 is 2.73 bits per heavy atom. The monoisotopic (exact) mass is 161 g/mol. The van der Waals surface area contributed by atoms with Crippen LogP contribution in [0.15, 0.2) is 0 Å². The van der Waals surface area contributed by atoms with Crippen LogP contribution in [0.4, 0.5) is 0 Å². The summed E-state index contributed by atoms with van der Waals surface area (Å²) in [4.78, 5) is 10.6. The van der Waals surface area contributed by atoms with E-state index in [1.54, 1.807) is 6.92 Å². The predicted octanol–water partition coefficient (Wildman–Crippen LogP) is -0.0867. The highest BCUT2D eigenvalue weighted by Crippen LogP contribution is 1.83. The average molecular weight is 161 g/mol. The maximum atomic E-state index is 10.6. The van der Waals surface area contributed by atoms with Gasteiger partial charge in [0.15, 0.2) is 0 Å². The molecule has 0 aliphatic heterocycles. The van der Waals surface area contributed by atoms with Gasteiger partial charge in [-0.25, -0.2) is 4.79 Å². The van der Waals surface area contributed by atoms with E-state index < -0.39 is 0 Å². The van der Waals surface area contributed by atoms with Crippen molar-refractivity contribution in [2.24, 2.45) is 5.73 Å². The van der Waals surface area contributed by atoms with Crippen LogP contribution in [-0.2, 0) is 14.3 Å². The fraction of sp³-hybridized carbons (Fsp3) is 0.857. The summed E-state index contributed by atoms with van der Waals surface area (Å²) in [7, 11) is 0. The topological polar surface area (TPSA) is 61.5 Å². The minimum Gasteiger partial charge on any atom is -0.464 e. The van der Waals surface area contributed by atoms with Gasteiger partial charge in [0.05, 0.1) is 13.2 Å². The first-order chi connectivity index (χ1) is 5.16. The zero-order chi connectivity index (χ0) is 8.69. The molecule has 1 unspecified atom stereocenters. The summed E-state index contributed by atoms with van der Waals surface area (Å²) in [5, 5.41) is 0. The Labute approximate surface area is 66.7 Å². The molecule has 11 heavy (non-hydrogen) atoms. The van der Waals surface area contributed by atoms with E-state index >= 15 is 0 Å². The zero-order valence-electron chi connectivity index (χ0n) is 7.00. The van der Waals surface area contributed by atoms with Crippen LogP contribution in [0, 0.1) is 0 Å². The highest BCUT2D eigenvalue weighted by Gasteiger charge is 2.01. The van der Waals surface area contributed by atoms with E-state index in [1.807, 2.05) is 6.92 Å². The third-order valence-electron chi connectivity index (χ3n) is 0.906. The number of hydrogen-bond acceptors (Lipinski definition) is 4. The van der Waals surface area contributed by atoms with Gasteiger partial charge in [-0.05, 0) is 13.8 Å². The van der Waals surface area contributed by atoms with Crippen LogP contribution in [0.3, 0.4) is 0 Å². The summed E-state index contributed by atoms with van der Waals surface area (Å²) in [6, 6.07) is -0.0376. The quantitative estimate of drug-likeness (QED) is 0.572. The normalized spacial score (nSPS) is 12.6. The van der Waals surface area contributed by atoms with Gasteiger partial charge in [-0.15, -0.1) is 0 Å². The molecule has 0 spiro atoms. The first-order valence-corrected chi connectivity index (χ1v) is 3.65. The minimum absolute atomic E-state index is 0.00458. The van der Waals surface area contributed by atoms with Crippen LogP contribution < -0.4 is 5.73 Å². The Kier molecular flexibility index (Phi) is 5.78. The molecule has 0 saturated carbocycles. The van der Waals surface area contributed by atoms with Crippen LogP contribution in [-0.4, -0.2) is 31.8 Å². The summed E-state index contributed by atoms with van der Waals surface area (Å²) in [6.45, 7) is 4.34. The summed E-state index contributed by atoms with van der Waals surface area (Å²) < 4.78 is 9.53. The van der Waals surface area contributed by atoms with E-state index in [-0.39, 0.29) is 18.6 Å². The summed E-state index contributed by atoms with van der Waals surface area (Å²) in [5.41, 5.74) is 5.38. The maximum absolute atomic E-state index is 10.6. The van der Waals surface area contributed by atoms with Crippen molar-refractivity contribution in [3.63, 3.8) is 0 Å². The van der Waals surface area contributed by atoms with Crippen LogP contribution in [0.5, 0.6) is 0 Å². The van der Waals surface area contributed by atoms with Crippen LogP contribution in [0.25, 0.3) is 0 Å². The largest absolute Gasteiger partial charge is 0.464 e. The van der Waals surface area contributed by atoms with Gasteiger partial charge in [0, 0.05) is 6.04 Å². The van der Waals surface area contributed by atoms with Gasteiger partial charge in [0.2, 0.25) is 0 Å². The number of nitrogens with two attached hydrogens (primary N) is 1. The number of rotatable bonds is 5. The number of ether oxygens (including phenoxy) is 2. The molecule has 0 heterocycles. The van der Waals surface area contributed by atoms with Crippen molar-refractivity contribution < 1.29 is 14.3 Å². The number of carbonyl (C=O) groups excluding carboxylic acids is 1. The minimum atomic E-state index is -0.340. The zero-order valence-corrected chi connectivity index (χ0v) is 7.00. The molecule has 0 rings (SSSR count). The lowest BCUT2D eigenvalue weighted by molar-refractivity contribution is -0.148. The van der Waals surface area contributed by atoms with E-state index in [1.165, 1.54) is 0 Å². The molecule has 0 amide bonds. The molecule has 0 fully saturated rings. The van der Waals surface area contributed by atoms with Gasteiger partial charge in [0.25, 0.3) is 0 Å². The molecule has 0 aromatic heterocycles. The highest BCUT2D eigenvalue weighted by molar-refractivity contribution is 5.70. The molecule has 4 heteroatoms. The Bertz CT molecular complexity index is 114. The van der Waals surface area contributed by atoms with E-state index in [9.17, 15) is 4.79 Å². The summed E-state index contributed by atoms with van der Waals surface area (Å²) in [5.74, 6) is -0.340. The second kappa shape index (κ2) is 6.12. The van der Waals surface area contributed by atoms with Crippen molar-refractivity contribution in [2.45, 2.75) is 19.9 Å². The van der Waals surface area contributed by atoms with Gasteiger partial charge in [-0.2, -0.15) is 0 Å². The summed E-state index contributed by atoms with van der Waals surface area (Å²) >= 11 is 0. The third kappa shape index (κ3) is 7.29. The Hall–Kier alpha value is -0.610. The highest BCUT2D eigenvalue weighted by atomic mass is 16.6. The number of esters is 1. The third-order valence-corrected chi connectivity index (χ3v) is 0.906. The molecule has 2 N–H and O–H groups in total. The molecule has 0 aromatic rings. The van der Waals surface area contributed by atoms with Crippen molar-refractivity contribution in [1.29, 1.82) is 0 Å². The van der Waals surface area contributed by atoms with E-state index in [2.05, 4.69) is 4.74 Å². The maximum Gasteiger partial charge on any atom is 0.332 e. The molecule has 66 valence electrons. The molecule has 0 aliphatic carbocycles. The second-order valence-electron chi connectivity index (χ2n) is 2.30. The van der Waals surface area contributed by atoms with Gasteiger partial charge in [-0.1, -0.05) is 0 Å². The van der Waals surface area contributed by atoms with Crippen molar-refractivity contribution in [3.8, 4) is 0 Å². The van der Waals surface area contributed by atoms with E-state index in [4.69, 9.17) is 10.5 Å². The first-order valence-electron chi connectivity index (χ1n) is 3.65. The van der Waals surface area contributed by atoms with Crippen molar-refractivity contribution >= 4 is 5.97 Å². The standard InChI is InChI=1S/C7H15NO3/c1-3-11-7(9)5-10-4-6(2)8/h6H,3-5,8H2,1-2H3. The molecule has 1 atom stereocenters. The summed E-state index contributed by atoms with van der Waals surface area (Å²) in [6.07, 6.45) is 0. The molecule has 0 bridgehead atoms. The number of hydrogen-bond donors (Lipinski definition) is 1. The van der Waals surface area contributed by atoms with Crippen molar-refractivity contribution in [2.75, 3.05) is 19.8 Å². The molecular weight excluding hydrogens is 146 g/mol. The van der Waals surface area contributed by atoms with Crippen LogP contribution >= 0.6 is 0 Å². The molecule has 0 saturated heterocycles. The van der Waals surface area contributed by atoms with Crippen LogP contribution in [0.2, 0.25) is 0 Å².